The first-order valence-corrected chi connectivity index (χ1v) is 15.6. The molecule has 0 fully saturated rings. The molecule has 48 heavy (non-hydrogen) atoms. The van der Waals surface area contributed by atoms with Crippen molar-refractivity contribution in [1.82, 2.24) is 20.1 Å². The number of hydrogen-bond donors (Lipinski definition) is 3. The van der Waals surface area contributed by atoms with Gasteiger partial charge in [-0.05, 0) is 76.9 Å². The van der Waals surface area contributed by atoms with E-state index in [1.807, 2.05) is 42.5 Å². The number of nitrogens with two attached hydrogens (primary N) is 1. The maximum atomic E-state index is 14.0. The van der Waals surface area contributed by atoms with E-state index in [2.05, 4.69) is 31.1 Å². The van der Waals surface area contributed by atoms with E-state index < -0.39 is 17.9 Å². The summed E-state index contributed by atoms with van der Waals surface area (Å²) in [5.41, 5.74) is 10.6. The number of carbonyl (C=O) groups excluding carboxylic acids is 3. The summed E-state index contributed by atoms with van der Waals surface area (Å²) in [5.74, 6) is -1.51. The van der Waals surface area contributed by atoms with Crippen molar-refractivity contribution in [2.45, 2.75) is 38.6 Å². The lowest BCUT2D eigenvalue weighted by molar-refractivity contribution is -0.121. The lowest BCUT2D eigenvalue weighted by atomic mass is 9.87. The van der Waals surface area contributed by atoms with E-state index >= 15 is 0 Å². The molecule has 0 radical (unpaired) electrons. The van der Waals surface area contributed by atoms with Crippen LogP contribution >= 0.6 is 0 Å². The molecule has 0 aliphatic heterocycles. The summed E-state index contributed by atoms with van der Waals surface area (Å²) in [5, 5.41) is 18.6. The van der Waals surface area contributed by atoms with Gasteiger partial charge in [0, 0.05) is 28.3 Å². The number of benzene rings is 4. The molecule has 240 valence electrons. The second kappa shape index (κ2) is 13.1. The molecule has 9 nitrogen and oxygen atoms in total. The van der Waals surface area contributed by atoms with Gasteiger partial charge in [0.15, 0.2) is 0 Å². The summed E-state index contributed by atoms with van der Waals surface area (Å²) in [7, 11) is 0. The molecule has 6 rings (SSSR count). The van der Waals surface area contributed by atoms with Gasteiger partial charge in [0.1, 0.15) is 11.4 Å². The fourth-order valence-corrected chi connectivity index (χ4v) is 5.40. The van der Waals surface area contributed by atoms with E-state index in [0.717, 1.165) is 21.9 Å². The molecule has 0 aliphatic rings. The molecule has 2 aromatic heterocycles. The molecular weight excluding hydrogens is 602 g/mol. The Bertz CT molecular complexity index is 2150. The predicted molar refractivity (Wildman–Crippen MR) is 186 cm³/mol. The van der Waals surface area contributed by atoms with E-state index in [1.165, 1.54) is 16.8 Å². The maximum Gasteiger partial charge on any atom is 0.278 e. The van der Waals surface area contributed by atoms with Gasteiger partial charge in [-0.15, -0.1) is 0 Å². The van der Waals surface area contributed by atoms with E-state index in [1.54, 1.807) is 60.8 Å². The van der Waals surface area contributed by atoms with Gasteiger partial charge in [-0.3, -0.25) is 24.7 Å². The summed E-state index contributed by atoms with van der Waals surface area (Å²) in [6.45, 7) is 6.33. The van der Waals surface area contributed by atoms with E-state index in [0.29, 0.717) is 28.2 Å². The molecule has 0 saturated heterocycles. The zero-order valence-corrected chi connectivity index (χ0v) is 26.8. The minimum atomic E-state index is -0.984. The Morgan fingerprint density at radius 3 is 2.23 bits per heavy atom. The highest BCUT2D eigenvalue weighted by molar-refractivity contribution is 6.07. The van der Waals surface area contributed by atoms with Crippen LogP contribution in [-0.4, -0.2) is 43.6 Å². The van der Waals surface area contributed by atoms with Crippen molar-refractivity contribution in [3.05, 3.63) is 138 Å². The van der Waals surface area contributed by atoms with Gasteiger partial charge < -0.3 is 10.8 Å². The number of carbonyl (C=O) groups is 3. The van der Waals surface area contributed by atoms with Crippen LogP contribution in [0.3, 0.4) is 0 Å². The van der Waals surface area contributed by atoms with Gasteiger partial charge in [0.2, 0.25) is 5.91 Å². The van der Waals surface area contributed by atoms with Crippen LogP contribution in [0.5, 0.6) is 5.75 Å². The Morgan fingerprint density at radius 1 is 0.812 bits per heavy atom. The molecule has 1 atom stereocenters. The van der Waals surface area contributed by atoms with E-state index in [4.69, 9.17) is 10.8 Å². The lowest BCUT2D eigenvalue weighted by Gasteiger charge is -2.19. The van der Waals surface area contributed by atoms with Crippen LogP contribution in [0.25, 0.3) is 33.4 Å². The minimum Gasteiger partial charge on any atom is -0.508 e. The van der Waals surface area contributed by atoms with Gasteiger partial charge in [-0.1, -0.05) is 81.4 Å². The van der Waals surface area contributed by atoms with Crippen LogP contribution < -0.4 is 11.1 Å². The molecule has 0 aliphatic carbocycles. The van der Waals surface area contributed by atoms with Crippen LogP contribution in [0.4, 0.5) is 0 Å². The summed E-state index contributed by atoms with van der Waals surface area (Å²) in [6.07, 6.45) is 1.95. The number of phenols is 1. The molecule has 2 heterocycles. The van der Waals surface area contributed by atoms with Gasteiger partial charge >= 0.3 is 0 Å². The van der Waals surface area contributed by atoms with Crippen LogP contribution in [0.1, 0.15) is 52.6 Å². The number of phenolic OH excluding ortho intramolecular Hbond substituents is 1. The van der Waals surface area contributed by atoms with Gasteiger partial charge in [-0.2, -0.15) is 9.78 Å². The highest BCUT2D eigenvalue weighted by Crippen LogP contribution is 2.29. The average Bonchev–Trinajstić information content (AvgIpc) is 3.54. The highest BCUT2D eigenvalue weighted by Gasteiger charge is 2.23. The Kier molecular flexibility index (Phi) is 8.71. The SMILES string of the molecule is CC(C)(C)c1ccc(C(=O)n2nc(-c3cc4ccccc4cn3)cc2-c2cccc(C(=O)NC(=O)[C@@H](N)Cc3ccc(O)cc3)c2)cc1. The number of nitrogens with zero attached hydrogens (tertiary/aromatic N) is 3. The predicted octanol–water partition coefficient (Wildman–Crippen LogP) is 6.28. The smallest absolute Gasteiger partial charge is 0.278 e. The fourth-order valence-electron chi connectivity index (χ4n) is 5.40. The van der Waals surface area contributed by atoms with Gasteiger partial charge in [0.05, 0.1) is 17.4 Å². The van der Waals surface area contributed by atoms with Crippen LogP contribution in [0.15, 0.2) is 115 Å². The first-order chi connectivity index (χ1) is 23.0. The first-order valence-electron chi connectivity index (χ1n) is 15.6. The Hall–Kier alpha value is -5.93. The van der Waals surface area contributed by atoms with Crippen molar-refractivity contribution in [3.8, 4) is 28.4 Å². The van der Waals surface area contributed by atoms with Crippen LogP contribution in [0, 0.1) is 0 Å². The number of fused-ring (bicyclic) bond motifs is 1. The largest absolute Gasteiger partial charge is 0.508 e. The zero-order valence-electron chi connectivity index (χ0n) is 26.8. The zero-order chi connectivity index (χ0) is 34.0. The topological polar surface area (TPSA) is 140 Å². The van der Waals surface area contributed by atoms with Gasteiger partial charge in [-0.25, -0.2) is 0 Å². The Balaban J connectivity index is 1.32. The van der Waals surface area contributed by atoms with Crippen LogP contribution in [-0.2, 0) is 16.6 Å². The Morgan fingerprint density at radius 2 is 1.52 bits per heavy atom. The monoisotopic (exact) mass is 637 g/mol. The molecule has 0 spiro atoms. The maximum absolute atomic E-state index is 14.0. The third-order valence-corrected chi connectivity index (χ3v) is 8.18. The van der Waals surface area contributed by atoms with Gasteiger partial charge in [0.25, 0.3) is 11.8 Å². The number of rotatable bonds is 7. The minimum absolute atomic E-state index is 0.0782. The van der Waals surface area contributed by atoms with Crippen LogP contribution in [0.2, 0.25) is 0 Å². The second-order valence-corrected chi connectivity index (χ2v) is 12.8. The quantitative estimate of drug-likeness (QED) is 0.187. The highest BCUT2D eigenvalue weighted by atomic mass is 16.3. The molecular formula is C39H35N5O4. The number of imide groups is 1. The summed E-state index contributed by atoms with van der Waals surface area (Å²) >= 11 is 0. The summed E-state index contributed by atoms with van der Waals surface area (Å²) in [6, 6.07) is 31.0. The number of amides is 2. The molecule has 0 unspecified atom stereocenters. The second-order valence-electron chi connectivity index (χ2n) is 12.8. The molecule has 0 saturated carbocycles. The number of hydrogen-bond acceptors (Lipinski definition) is 7. The molecule has 9 heteroatoms. The molecule has 0 bridgehead atoms. The average molecular weight is 638 g/mol. The third kappa shape index (κ3) is 6.91. The third-order valence-electron chi connectivity index (χ3n) is 8.18. The molecule has 4 N–H and O–H groups in total. The molecule has 4 aromatic carbocycles. The summed E-state index contributed by atoms with van der Waals surface area (Å²) in [4.78, 5) is 44.7. The van der Waals surface area contributed by atoms with Crippen molar-refractivity contribution in [2.75, 3.05) is 0 Å². The Labute approximate surface area is 278 Å². The lowest BCUT2D eigenvalue weighted by Crippen LogP contribution is -2.44. The standard InChI is InChI=1S/C39H35N5O4/c1-39(2,3)30-15-13-25(14-16-30)38(48)44-35(22-34(43-44)33-21-26-7-4-5-8-29(26)23-41-33)27-9-6-10-28(20-27)36(46)42-37(47)32(40)19-24-11-17-31(45)18-12-24/h4-18,20-23,32,45H,19,40H2,1-3H3,(H,42,46,47)/t32-/m0/s1. The molecule has 6 aromatic rings. The van der Waals surface area contributed by atoms with Crippen molar-refractivity contribution in [3.63, 3.8) is 0 Å². The molecule has 2 amide bonds. The van der Waals surface area contributed by atoms with Crippen molar-refractivity contribution in [2.24, 2.45) is 5.73 Å². The van der Waals surface area contributed by atoms with Crippen molar-refractivity contribution < 1.29 is 19.5 Å². The number of aromatic nitrogens is 3. The number of aromatic hydroxyl groups is 1. The summed E-state index contributed by atoms with van der Waals surface area (Å²) < 4.78 is 1.33. The number of pyridine rings is 1. The van der Waals surface area contributed by atoms with E-state index in [9.17, 15) is 19.5 Å². The number of nitrogens with one attached hydrogen (secondary N) is 1. The first kappa shape index (κ1) is 32.0. The normalized spacial score (nSPS) is 12.1. The van der Waals surface area contributed by atoms with E-state index in [-0.39, 0.29) is 29.1 Å². The van der Waals surface area contributed by atoms with Crippen molar-refractivity contribution in [1.29, 1.82) is 0 Å². The van der Waals surface area contributed by atoms with Crippen molar-refractivity contribution >= 4 is 28.5 Å². The fraction of sp³-hybridized carbons (Fsp3) is 0.154.